The van der Waals surface area contributed by atoms with E-state index in [0.29, 0.717) is 12.1 Å². The minimum atomic E-state index is -0.516. The van der Waals surface area contributed by atoms with E-state index in [1.807, 2.05) is 31.2 Å². The fourth-order valence-electron chi connectivity index (χ4n) is 2.34. The van der Waals surface area contributed by atoms with E-state index in [2.05, 4.69) is 4.98 Å². The van der Waals surface area contributed by atoms with E-state index in [1.54, 1.807) is 0 Å². The Morgan fingerprint density at radius 1 is 1.23 bits per heavy atom. The van der Waals surface area contributed by atoms with Crippen molar-refractivity contribution in [3.8, 4) is 0 Å². The Bertz CT molecular complexity index is 931. The number of aromatic nitrogens is 2. The molecule has 0 saturated carbocycles. The normalized spacial score (nSPS) is 10.8. The molecule has 0 aliphatic carbocycles. The molecule has 3 aromatic rings. The minimum absolute atomic E-state index is 0.111. The molecule has 6 nitrogen and oxygen atoms in total. The third-order valence-electron chi connectivity index (χ3n) is 3.62. The summed E-state index contributed by atoms with van der Waals surface area (Å²) in [6.07, 6.45) is 1.48. The van der Waals surface area contributed by atoms with Gasteiger partial charge in [-0.3, -0.25) is 19.5 Å². The molecular weight excluding hydrogens is 282 g/mol. The maximum Gasteiger partial charge on any atom is 0.270 e. The maximum absolute atomic E-state index is 12.5. The van der Waals surface area contributed by atoms with Crippen molar-refractivity contribution in [2.45, 2.75) is 13.5 Å². The van der Waals surface area contributed by atoms with Gasteiger partial charge >= 0.3 is 0 Å². The lowest BCUT2D eigenvalue weighted by molar-refractivity contribution is -0.384. The molecule has 0 amide bonds. The Morgan fingerprint density at radius 2 is 2.00 bits per heavy atom. The van der Waals surface area contributed by atoms with Crippen LogP contribution in [0.25, 0.3) is 10.9 Å². The molecule has 1 heterocycles. The number of hydrogen-bond donors (Lipinski definition) is 0. The molecule has 2 aromatic carbocycles. The van der Waals surface area contributed by atoms with Crippen molar-refractivity contribution in [2.75, 3.05) is 0 Å². The van der Waals surface area contributed by atoms with Crippen LogP contribution in [0, 0.1) is 17.0 Å². The molecular formula is C16H13N3O3. The number of hydrogen-bond acceptors (Lipinski definition) is 4. The predicted molar refractivity (Wildman–Crippen MR) is 82.9 cm³/mol. The number of nitrogens with zero attached hydrogens (tertiary/aromatic N) is 3. The van der Waals surface area contributed by atoms with Gasteiger partial charge in [-0.2, -0.15) is 0 Å². The highest BCUT2D eigenvalue weighted by atomic mass is 16.6. The molecule has 0 atom stereocenters. The maximum atomic E-state index is 12.5. The van der Waals surface area contributed by atoms with Gasteiger partial charge in [0.15, 0.2) is 0 Å². The Kier molecular flexibility index (Phi) is 3.42. The van der Waals surface area contributed by atoms with Gasteiger partial charge in [0.25, 0.3) is 11.2 Å². The average Bonchev–Trinajstić information content (AvgIpc) is 2.52. The molecule has 0 saturated heterocycles. The van der Waals surface area contributed by atoms with Crippen molar-refractivity contribution in [2.24, 2.45) is 0 Å². The first-order chi connectivity index (χ1) is 10.6. The average molecular weight is 295 g/mol. The van der Waals surface area contributed by atoms with Crippen LogP contribution in [0.5, 0.6) is 0 Å². The van der Waals surface area contributed by atoms with E-state index in [9.17, 15) is 14.9 Å². The van der Waals surface area contributed by atoms with E-state index in [1.165, 1.54) is 29.1 Å². The summed E-state index contributed by atoms with van der Waals surface area (Å²) in [4.78, 5) is 27.1. The van der Waals surface area contributed by atoms with Crippen LogP contribution >= 0.6 is 0 Å². The molecule has 1 aromatic heterocycles. The van der Waals surface area contributed by atoms with Crippen LogP contribution in [0.15, 0.2) is 53.6 Å². The van der Waals surface area contributed by atoms with Crippen LogP contribution in [0.2, 0.25) is 0 Å². The Balaban J connectivity index is 2.11. The number of fused-ring (bicyclic) bond motifs is 1. The van der Waals surface area contributed by atoms with Crippen LogP contribution in [0.3, 0.4) is 0 Å². The lowest BCUT2D eigenvalue weighted by atomic mass is 10.1. The summed E-state index contributed by atoms with van der Waals surface area (Å²) in [6.45, 7) is 2.36. The molecule has 0 bridgehead atoms. The molecule has 0 N–H and O–H groups in total. The fraction of sp³-hybridized carbons (Fsp3) is 0.125. The lowest BCUT2D eigenvalue weighted by Crippen LogP contribution is -2.21. The van der Waals surface area contributed by atoms with Gasteiger partial charge in [0.05, 0.1) is 28.7 Å². The van der Waals surface area contributed by atoms with Crippen LogP contribution < -0.4 is 5.56 Å². The van der Waals surface area contributed by atoms with Gasteiger partial charge in [0.1, 0.15) is 0 Å². The minimum Gasteiger partial charge on any atom is -0.294 e. The number of rotatable bonds is 3. The van der Waals surface area contributed by atoms with Crippen molar-refractivity contribution >= 4 is 16.6 Å². The highest BCUT2D eigenvalue weighted by Gasteiger charge is 2.11. The second-order valence-corrected chi connectivity index (χ2v) is 5.06. The van der Waals surface area contributed by atoms with Gasteiger partial charge in [0.2, 0.25) is 0 Å². The smallest absolute Gasteiger partial charge is 0.270 e. The largest absolute Gasteiger partial charge is 0.294 e. The van der Waals surface area contributed by atoms with Gasteiger partial charge in [-0.25, -0.2) is 4.98 Å². The molecule has 22 heavy (non-hydrogen) atoms. The van der Waals surface area contributed by atoms with Gasteiger partial charge in [-0.15, -0.1) is 0 Å². The first-order valence-electron chi connectivity index (χ1n) is 6.74. The topological polar surface area (TPSA) is 78.0 Å². The van der Waals surface area contributed by atoms with Crippen LogP contribution in [-0.2, 0) is 6.54 Å². The highest BCUT2D eigenvalue weighted by molar-refractivity contribution is 5.79. The Morgan fingerprint density at radius 3 is 2.73 bits per heavy atom. The summed E-state index contributed by atoms with van der Waals surface area (Å²) in [5.41, 5.74) is 2.15. The zero-order valence-electron chi connectivity index (χ0n) is 11.9. The monoisotopic (exact) mass is 295 g/mol. The first kappa shape index (κ1) is 13.9. The quantitative estimate of drug-likeness (QED) is 0.549. The highest BCUT2D eigenvalue weighted by Crippen LogP contribution is 2.16. The van der Waals surface area contributed by atoms with Crippen molar-refractivity contribution in [3.05, 3.63) is 80.4 Å². The van der Waals surface area contributed by atoms with Gasteiger partial charge in [0, 0.05) is 12.1 Å². The molecule has 0 spiro atoms. The Labute approximate surface area is 125 Å². The van der Waals surface area contributed by atoms with E-state index in [-0.39, 0.29) is 16.6 Å². The second-order valence-electron chi connectivity index (χ2n) is 5.06. The van der Waals surface area contributed by atoms with Crippen molar-refractivity contribution in [1.82, 2.24) is 9.55 Å². The summed E-state index contributed by atoms with van der Waals surface area (Å²) in [7, 11) is 0. The zero-order valence-corrected chi connectivity index (χ0v) is 11.9. The van der Waals surface area contributed by atoms with Gasteiger partial charge < -0.3 is 0 Å². The van der Waals surface area contributed by atoms with Crippen LogP contribution in [-0.4, -0.2) is 14.5 Å². The number of aryl methyl sites for hydroxylation is 1. The molecule has 6 heteroatoms. The van der Waals surface area contributed by atoms with Crippen LogP contribution in [0.4, 0.5) is 5.69 Å². The zero-order chi connectivity index (χ0) is 15.7. The second kappa shape index (κ2) is 5.40. The van der Waals surface area contributed by atoms with Crippen molar-refractivity contribution < 1.29 is 4.92 Å². The van der Waals surface area contributed by atoms with E-state index >= 15 is 0 Å². The summed E-state index contributed by atoms with van der Waals surface area (Å²) < 4.78 is 1.47. The molecule has 110 valence electrons. The first-order valence-corrected chi connectivity index (χ1v) is 6.74. The number of benzene rings is 2. The number of non-ortho nitro benzene ring substituents is 1. The van der Waals surface area contributed by atoms with Gasteiger partial charge in [-0.1, -0.05) is 24.3 Å². The third kappa shape index (κ3) is 2.46. The summed E-state index contributed by atoms with van der Waals surface area (Å²) in [5, 5.41) is 11.1. The van der Waals surface area contributed by atoms with Crippen molar-refractivity contribution in [3.63, 3.8) is 0 Å². The SMILES string of the molecule is Cc1ccccc1Cn1cnc2ccc([N+](=O)[O-])cc2c1=O. The van der Waals surface area contributed by atoms with Crippen LogP contribution in [0.1, 0.15) is 11.1 Å². The third-order valence-corrected chi connectivity index (χ3v) is 3.62. The molecule has 0 radical (unpaired) electrons. The molecule has 0 aliphatic rings. The summed E-state index contributed by atoms with van der Waals surface area (Å²) in [5.74, 6) is 0. The number of nitro groups is 1. The molecule has 0 fully saturated rings. The van der Waals surface area contributed by atoms with E-state index in [4.69, 9.17) is 0 Å². The lowest BCUT2D eigenvalue weighted by Gasteiger charge is -2.09. The molecule has 3 rings (SSSR count). The van der Waals surface area contributed by atoms with Gasteiger partial charge in [-0.05, 0) is 24.1 Å². The van der Waals surface area contributed by atoms with Crippen molar-refractivity contribution in [1.29, 1.82) is 0 Å². The molecule has 0 unspecified atom stereocenters. The predicted octanol–water partition coefficient (Wildman–Crippen LogP) is 2.66. The fourth-order valence-corrected chi connectivity index (χ4v) is 2.34. The molecule has 0 aliphatic heterocycles. The Hall–Kier alpha value is -3.02. The van der Waals surface area contributed by atoms with E-state index in [0.717, 1.165) is 11.1 Å². The standard InChI is InChI=1S/C16H13N3O3/c1-11-4-2-3-5-12(11)9-18-10-17-15-7-6-13(19(21)22)8-14(15)16(18)20/h2-8,10H,9H2,1H3. The van der Waals surface area contributed by atoms with E-state index < -0.39 is 4.92 Å². The summed E-state index contributed by atoms with van der Waals surface area (Å²) >= 11 is 0. The summed E-state index contributed by atoms with van der Waals surface area (Å²) in [6, 6.07) is 11.9. The number of nitro benzene ring substituents is 1.